The normalized spacial score (nSPS) is 54.7. The molecule has 36 unspecified atom stereocenters. The molecule has 0 aromatic rings. The zero-order chi connectivity index (χ0) is 67.7. The average molecular weight is 1340 g/mol. The summed E-state index contributed by atoms with van der Waals surface area (Å²) < 4.78 is 72.8. The molecule has 0 spiro atoms. The molecule has 6 saturated heterocycles. The minimum Gasteiger partial charge on any atom is -0.432 e. The third-order valence-corrected chi connectivity index (χ3v) is 24.8. The van der Waals surface area contributed by atoms with E-state index in [1.807, 2.05) is 0 Å². The predicted octanol–water partition coefficient (Wildman–Crippen LogP) is -3.05. The lowest BCUT2D eigenvalue weighted by Crippen LogP contribution is -2.67. The second-order valence-electron chi connectivity index (χ2n) is 31.0. The highest BCUT2D eigenvalue weighted by Gasteiger charge is 2.71. The van der Waals surface area contributed by atoms with Gasteiger partial charge >= 0.3 is 5.97 Å². The van der Waals surface area contributed by atoms with Gasteiger partial charge in [-0.15, -0.1) is 0 Å². The van der Waals surface area contributed by atoms with E-state index < -0.39 is 227 Å². The van der Waals surface area contributed by atoms with E-state index in [1.165, 1.54) is 19.4 Å². The van der Waals surface area contributed by atoms with Crippen molar-refractivity contribution in [2.75, 3.05) is 26.4 Å². The molecule has 29 nitrogen and oxygen atoms in total. The number of aliphatic hydroxyl groups excluding tert-OH is 16. The Hall–Kier alpha value is -1.87. The highest BCUT2D eigenvalue weighted by atomic mass is 16.8. The van der Waals surface area contributed by atoms with Crippen LogP contribution in [0.25, 0.3) is 0 Å². The molecule has 6 aliphatic heterocycles. The van der Waals surface area contributed by atoms with E-state index in [-0.39, 0.29) is 34.0 Å². The summed E-state index contributed by atoms with van der Waals surface area (Å²) in [5.41, 5.74) is -1.58. The molecular formula is C64H104O29. The summed E-state index contributed by atoms with van der Waals surface area (Å²) in [4.78, 5) is 15.5. The van der Waals surface area contributed by atoms with Crippen molar-refractivity contribution in [3.8, 4) is 0 Å². The van der Waals surface area contributed by atoms with Crippen LogP contribution in [0.4, 0.5) is 0 Å². The third-order valence-electron chi connectivity index (χ3n) is 24.8. The van der Waals surface area contributed by atoms with Gasteiger partial charge in [-0.05, 0) is 123 Å². The van der Waals surface area contributed by atoms with E-state index in [2.05, 4.69) is 54.5 Å². The molecule has 0 amide bonds. The molecule has 11 aliphatic rings. The van der Waals surface area contributed by atoms with E-state index in [0.29, 0.717) is 51.4 Å². The van der Waals surface area contributed by atoms with E-state index >= 15 is 4.79 Å². The minimum absolute atomic E-state index is 0.0503. The summed E-state index contributed by atoms with van der Waals surface area (Å²) >= 11 is 0. The summed E-state index contributed by atoms with van der Waals surface area (Å²) in [7, 11) is 0. The number of ether oxygens (including phenoxy) is 12. The molecule has 534 valence electrons. The zero-order valence-electron chi connectivity index (χ0n) is 54.4. The van der Waals surface area contributed by atoms with Gasteiger partial charge in [0, 0.05) is 0 Å². The number of aliphatic hydroxyl groups is 16. The molecule has 0 aromatic carbocycles. The van der Waals surface area contributed by atoms with Gasteiger partial charge in [0.2, 0.25) is 6.29 Å². The quantitative estimate of drug-likeness (QED) is 0.0467. The number of fused-ring (bicyclic) bond motifs is 7. The zero-order valence-corrected chi connectivity index (χ0v) is 54.4. The Morgan fingerprint density at radius 1 is 0.484 bits per heavy atom. The van der Waals surface area contributed by atoms with E-state index in [4.69, 9.17) is 56.8 Å². The van der Waals surface area contributed by atoms with E-state index in [1.54, 1.807) is 0 Å². The van der Waals surface area contributed by atoms with Gasteiger partial charge in [-0.25, -0.2) is 0 Å². The molecule has 16 N–H and O–H groups in total. The Morgan fingerprint density at radius 2 is 1.02 bits per heavy atom. The fourth-order valence-electron chi connectivity index (χ4n) is 18.8. The fourth-order valence-corrected chi connectivity index (χ4v) is 18.8. The van der Waals surface area contributed by atoms with Crippen LogP contribution in [0.15, 0.2) is 11.6 Å². The van der Waals surface area contributed by atoms with Gasteiger partial charge < -0.3 is 139 Å². The molecule has 36 atom stereocenters. The van der Waals surface area contributed by atoms with Crippen molar-refractivity contribution >= 4 is 5.97 Å². The van der Waals surface area contributed by atoms with Crippen LogP contribution in [0, 0.1) is 50.2 Å². The summed E-state index contributed by atoms with van der Waals surface area (Å²) in [6, 6.07) is 0. The van der Waals surface area contributed by atoms with Gasteiger partial charge in [0.15, 0.2) is 37.6 Å². The molecule has 11 rings (SSSR count). The second-order valence-corrected chi connectivity index (χ2v) is 31.0. The number of carbonyl (C=O) groups excluding carboxylic acids is 1. The number of esters is 1. The highest BCUT2D eigenvalue weighted by Crippen LogP contribution is 2.76. The van der Waals surface area contributed by atoms with Crippen LogP contribution in [-0.4, -0.2) is 292 Å². The van der Waals surface area contributed by atoms with Crippen LogP contribution in [-0.2, 0) is 61.6 Å². The Kier molecular flexibility index (Phi) is 20.9. The van der Waals surface area contributed by atoms with E-state index in [0.717, 1.165) is 12.8 Å². The first kappa shape index (κ1) is 72.4. The maximum Gasteiger partial charge on any atom is 0.315 e. The van der Waals surface area contributed by atoms with Crippen molar-refractivity contribution in [1.82, 2.24) is 0 Å². The standard InChI is InChI=1S/C64H104O29/c1-25-36(69)40(73)44(77)53(84-25)92-51-47(80)49(90-52-43(76)37(70)29(67)23-82-52)32(22-66)87-57(51)88-35-13-14-61(7)33(60(35,5)6)12-15-63(9)34(61)11-10-27-28-20-59(3,4)16-18-64(28,19-17-62(27,63)8)58(81)93-56-50(38(71)30(68)24-83-56)91-54-46(79)42(75)48(26(2)85-54)89-55-45(78)41(74)39(72)31(21-65)86-55/h10,25-26,28-57,65-80H,11-24H2,1-9H3. The summed E-state index contributed by atoms with van der Waals surface area (Å²) in [5, 5.41) is 173. The highest BCUT2D eigenvalue weighted by molar-refractivity contribution is 5.79. The van der Waals surface area contributed by atoms with Crippen LogP contribution < -0.4 is 0 Å². The van der Waals surface area contributed by atoms with Crippen molar-refractivity contribution in [1.29, 1.82) is 0 Å². The topological polar surface area (TPSA) is 452 Å². The van der Waals surface area contributed by atoms with Gasteiger partial charge in [-0.3, -0.25) is 4.79 Å². The number of hydrogen-bond donors (Lipinski definition) is 16. The van der Waals surface area contributed by atoms with Gasteiger partial charge in [-0.1, -0.05) is 60.1 Å². The van der Waals surface area contributed by atoms with Crippen molar-refractivity contribution < 1.29 is 143 Å². The SMILES string of the molecule is CC1OC(OC2C(OC3CCC4(C)C(CCC5(C)C4CC=C4C6CC(C)(C)CCC6(C(=O)OC6OCC(O)C(O)C6OC6OC(C)C(OC7OC(CO)C(O)C(O)C7O)C(O)C6O)CCC45C)C3(C)C)OC(CO)C(OC3OCC(O)C(O)C3O)C2O)C(O)C(O)C1O. The van der Waals surface area contributed by atoms with Gasteiger partial charge in [0.05, 0.1) is 50.2 Å². The largest absolute Gasteiger partial charge is 0.432 e. The lowest BCUT2D eigenvalue weighted by atomic mass is 9.33. The Bertz CT molecular complexity index is 2620. The molecular weight excluding hydrogens is 1230 g/mol. The minimum atomic E-state index is -1.92. The van der Waals surface area contributed by atoms with Crippen LogP contribution in [0.3, 0.4) is 0 Å². The number of hydrogen-bond acceptors (Lipinski definition) is 29. The summed E-state index contributed by atoms with van der Waals surface area (Å²) in [6.45, 7) is 16.4. The Labute approximate surface area is 540 Å². The summed E-state index contributed by atoms with van der Waals surface area (Å²) in [5.74, 6) is -0.645. The van der Waals surface area contributed by atoms with Gasteiger partial charge in [-0.2, -0.15) is 0 Å². The number of rotatable bonds is 14. The molecule has 0 bridgehead atoms. The molecule has 0 aromatic heterocycles. The monoisotopic (exact) mass is 1340 g/mol. The Balaban J connectivity index is 0.808. The molecule has 4 saturated carbocycles. The molecule has 10 fully saturated rings. The second kappa shape index (κ2) is 26.9. The van der Waals surface area contributed by atoms with Gasteiger partial charge in [0.1, 0.15) is 116 Å². The molecule has 0 radical (unpaired) electrons. The summed E-state index contributed by atoms with van der Waals surface area (Å²) in [6.07, 6.45) is -36.4. The number of carbonyl (C=O) groups is 1. The van der Waals surface area contributed by atoms with Crippen molar-refractivity contribution in [2.24, 2.45) is 50.2 Å². The van der Waals surface area contributed by atoms with Crippen LogP contribution in [0.2, 0.25) is 0 Å². The Morgan fingerprint density at radius 3 is 1.68 bits per heavy atom. The van der Waals surface area contributed by atoms with Gasteiger partial charge in [0.25, 0.3) is 0 Å². The maximum atomic E-state index is 15.5. The number of allylic oxidation sites excluding steroid dienone is 2. The lowest BCUT2D eigenvalue weighted by Gasteiger charge is -2.71. The first-order valence-corrected chi connectivity index (χ1v) is 33.4. The molecule has 5 aliphatic carbocycles. The predicted molar refractivity (Wildman–Crippen MR) is 313 cm³/mol. The maximum absolute atomic E-state index is 15.5. The van der Waals surface area contributed by atoms with Crippen molar-refractivity contribution in [3.63, 3.8) is 0 Å². The fraction of sp³-hybridized carbons (Fsp3) is 0.953. The first-order chi connectivity index (χ1) is 43.6. The van der Waals surface area contributed by atoms with Crippen LogP contribution in [0.5, 0.6) is 0 Å². The van der Waals surface area contributed by atoms with Crippen LogP contribution >= 0.6 is 0 Å². The molecule has 29 heteroatoms. The molecule has 93 heavy (non-hydrogen) atoms. The molecule has 6 heterocycles. The lowest BCUT2D eigenvalue weighted by molar-refractivity contribution is -0.391. The first-order valence-electron chi connectivity index (χ1n) is 33.4. The van der Waals surface area contributed by atoms with Crippen molar-refractivity contribution in [2.45, 2.75) is 305 Å². The van der Waals surface area contributed by atoms with E-state index in [9.17, 15) is 81.7 Å². The smallest absolute Gasteiger partial charge is 0.315 e. The average Bonchev–Trinajstić information content (AvgIpc) is 0.676. The third kappa shape index (κ3) is 12.4. The van der Waals surface area contributed by atoms with Crippen molar-refractivity contribution in [3.05, 3.63) is 11.6 Å². The van der Waals surface area contributed by atoms with Crippen LogP contribution in [0.1, 0.15) is 127 Å².